The number of ether oxygens (including phenoxy) is 3. The molecule has 134 valence electrons. The van der Waals surface area contributed by atoms with Gasteiger partial charge in [-0.05, 0) is 56.6 Å². The van der Waals surface area contributed by atoms with Crippen LogP contribution in [0.1, 0.15) is 43.1 Å². The minimum atomic E-state index is -0.671. The minimum Gasteiger partial charge on any atom is -0.384 e. The molecular weight excluding hydrogens is 314 g/mol. The smallest absolute Gasteiger partial charge is 0.184 e. The van der Waals surface area contributed by atoms with Gasteiger partial charge in [-0.25, -0.2) is 8.78 Å². The van der Waals surface area contributed by atoms with Crippen LogP contribution >= 0.6 is 0 Å². The Hall–Kier alpha value is -1.04. The standard InChI is InChI=1S/C19H26F2O3/c1-12-17(20)7-15(8-18(12)21)19-23-10-16(11-24-19)14-5-3-13(4-6-14)9-22-2/h7-8,13-14,16,19H,3-6,9-11H2,1-2H3. The Morgan fingerprint density at radius 3 is 2.12 bits per heavy atom. The molecule has 1 heterocycles. The lowest BCUT2D eigenvalue weighted by molar-refractivity contribution is -0.215. The lowest BCUT2D eigenvalue weighted by atomic mass is 9.76. The van der Waals surface area contributed by atoms with Crippen molar-refractivity contribution in [3.8, 4) is 0 Å². The van der Waals surface area contributed by atoms with Crippen molar-refractivity contribution in [1.29, 1.82) is 0 Å². The molecule has 0 amide bonds. The Morgan fingerprint density at radius 1 is 1.00 bits per heavy atom. The van der Waals surface area contributed by atoms with Crippen LogP contribution in [0.3, 0.4) is 0 Å². The van der Waals surface area contributed by atoms with Gasteiger partial charge in [-0.3, -0.25) is 0 Å². The molecule has 0 aromatic heterocycles. The highest BCUT2D eigenvalue weighted by Crippen LogP contribution is 2.37. The summed E-state index contributed by atoms with van der Waals surface area (Å²) in [6, 6.07) is 2.61. The summed E-state index contributed by atoms with van der Waals surface area (Å²) in [4.78, 5) is 0. The third-order valence-electron chi connectivity index (χ3n) is 5.46. The molecule has 0 N–H and O–H groups in total. The highest BCUT2D eigenvalue weighted by atomic mass is 19.1. The highest BCUT2D eigenvalue weighted by Gasteiger charge is 2.32. The van der Waals surface area contributed by atoms with Crippen LogP contribution in [0.2, 0.25) is 0 Å². The fraction of sp³-hybridized carbons (Fsp3) is 0.684. The van der Waals surface area contributed by atoms with E-state index >= 15 is 0 Å². The van der Waals surface area contributed by atoms with Crippen molar-refractivity contribution < 1.29 is 23.0 Å². The second-order valence-electron chi connectivity index (χ2n) is 7.10. The van der Waals surface area contributed by atoms with Crippen LogP contribution in [0.25, 0.3) is 0 Å². The largest absolute Gasteiger partial charge is 0.384 e. The molecule has 1 saturated heterocycles. The second kappa shape index (κ2) is 7.89. The first-order chi connectivity index (χ1) is 11.6. The van der Waals surface area contributed by atoms with E-state index in [1.54, 1.807) is 7.11 Å². The molecule has 5 heteroatoms. The molecule has 1 aromatic rings. The molecule has 2 fully saturated rings. The topological polar surface area (TPSA) is 27.7 Å². The summed E-state index contributed by atoms with van der Waals surface area (Å²) in [6.07, 6.45) is 4.04. The normalized spacial score (nSPS) is 31.2. The van der Waals surface area contributed by atoms with Crippen molar-refractivity contribution in [2.45, 2.75) is 38.9 Å². The van der Waals surface area contributed by atoms with E-state index in [9.17, 15) is 8.78 Å². The Balaban J connectivity index is 1.53. The molecule has 24 heavy (non-hydrogen) atoms. The molecule has 0 unspecified atom stereocenters. The van der Waals surface area contributed by atoms with Crippen LogP contribution in [-0.4, -0.2) is 26.9 Å². The molecule has 1 saturated carbocycles. The monoisotopic (exact) mass is 340 g/mol. The summed E-state index contributed by atoms with van der Waals surface area (Å²) in [5.41, 5.74) is 0.443. The van der Waals surface area contributed by atoms with Gasteiger partial charge < -0.3 is 14.2 Å². The van der Waals surface area contributed by atoms with Gasteiger partial charge in [0.05, 0.1) is 13.2 Å². The number of benzene rings is 1. The van der Waals surface area contributed by atoms with Crippen molar-refractivity contribution in [1.82, 2.24) is 0 Å². The molecule has 1 aliphatic heterocycles. The van der Waals surface area contributed by atoms with E-state index in [0.29, 0.717) is 36.5 Å². The maximum absolute atomic E-state index is 13.7. The molecule has 3 rings (SSSR count). The van der Waals surface area contributed by atoms with Crippen LogP contribution in [0, 0.1) is 36.3 Å². The van der Waals surface area contributed by atoms with Gasteiger partial charge in [-0.2, -0.15) is 0 Å². The molecule has 3 nitrogen and oxygen atoms in total. The van der Waals surface area contributed by atoms with E-state index in [4.69, 9.17) is 14.2 Å². The Kier molecular flexibility index (Phi) is 5.85. The molecule has 0 bridgehead atoms. The highest BCUT2D eigenvalue weighted by molar-refractivity contribution is 5.26. The maximum Gasteiger partial charge on any atom is 0.184 e. The van der Waals surface area contributed by atoms with Crippen molar-refractivity contribution >= 4 is 0 Å². The summed E-state index contributed by atoms with van der Waals surface area (Å²) in [5.74, 6) is 0.518. The Labute approximate surface area is 142 Å². The first-order valence-electron chi connectivity index (χ1n) is 8.76. The van der Waals surface area contributed by atoms with Gasteiger partial charge in [0.15, 0.2) is 6.29 Å². The zero-order valence-corrected chi connectivity index (χ0v) is 14.4. The number of rotatable bonds is 4. The first-order valence-corrected chi connectivity index (χ1v) is 8.76. The number of hydrogen-bond donors (Lipinski definition) is 0. The van der Waals surface area contributed by atoms with Gasteiger partial charge in [0.2, 0.25) is 0 Å². The summed E-state index contributed by atoms with van der Waals surface area (Å²) >= 11 is 0. The second-order valence-corrected chi connectivity index (χ2v) is 7.10. The van der Waals surface area contributed by atoms with Crippen molar-refractivity contribution in [2.24, 2.45) is 17.8 Å². The van der Waals surface area contributed by atoms with Gasteiger partial charge in [0.1, 0.15) is 11.6 Å². The van der Waals surface area contributed by atoms with Gasteiger partial charge in [0, 0.05) is 30.8 Å². The van der Waals surface area contributed by atoms with Crippen molar-refractivity contribution in [3.63, 3.8) is 0 Å². The van der Waals surface area contributed by atoms with E-state index in [2.05, 4.69) is 0 Å². The van der Waals surface area contributed by atoms with E-state index < -0.39 is 17.9 Å². The molecule has 0 radical (unpaired) electrons. The molecule has 2 aliphatic rings. The number of hydrogen-bond acceptors (Lipinski definition) is 3. The van der Waals surface area contributed by atoms with Crippen LogP contribution in [0.4, 0.5) is 8.78 Å². The summed E-state index contributed by atoms with van der Waals surface area (Å²) in [7, 11) is 1.76. The summed E-state index contributed by atoms with van der Waals surface area (Å²) in [5, 5.41) is 0. The third kappa shape index (κ3) is 3.95. The average molecular weight is 340 g/mol. The van der Waals surface area contributed by atoms with Crippen LogP contribution in [-0.2, 0) is 14.2 Å². The van der Waals surface area contributed by atoms with E-state index in [-0.39, 0.29) is 5.56 Å². The average Bonchev–Trinajstić information content (AvgIpc) is 2.60. The van der Waals surface area contributed by atoms with Gasteiger partial charge in [-0.15, -0.1) is 0 Å². The molecular formula is C19H26F2O3. The first kappa shape index (κ1) is 17.8. The summed E-state index contributed by atoms with van der Waals surface area (Å²) in [6.45, 7) is 3.44. The predicted molar refractivity (Wildman–Crippen MR) is 86.6 cm³/mol. The zero-order valence-electron chi connectivity index (χ0n) is 14.4. The van der Waals surface area contributed by atoms with Crippen LogP contribution in [0.15, 0.2) is 12.1 Å². The van der Waals surface area contributed by atoms with Crippen LogP contribution < -0.4 is 0 Å². The molecule has 0 spiro atoms. The predicted octanol–water partition coefficient (Wildman–Crippen LogP) is 4.39. The Morgan fingerprint density at radius 2 is 1.58 bits per heavy atom. The van der Waals surface area contributed by atoms with E-state index in [1.807, 2.05) is 0 Å². The quantitative estimate of drug-likeness (QED) is 0.814. The molecule has 0 atom stereocenters. The fourth-order valence-corrected chi connectivity index (χ4v) is 3.85. The van der Waals surface area contributed by atoms with Crippen LogP contribution in [0.5, 0.6) is 0 Å². The number of methoxy groups -OCH3 is 1. The number of halogens is 2. The third-order valence-corrected chi connectivity index (χ3v) is 5.46. The molecule has 1 aliphatic carbocycles. The molecule has 1 aromatic carbocycles. The lowest BCUT2D eigenvalue weighted by Gasteiger charge is -2.37. The fourth-order valence-electron chi connectivity index (χ4n) is 3.85. The lowest BCUT2D eigenvalue weighted by Crippen LogP contribution is -2.34. The van der Waals surface area contributed by atoms with Crippen molar-refractivity contribution in [2.75, 3.05) is 26.9 Å². The van der Waals surface area contributed by atoms with Gasteiger partial charge in [-0.1, -0.05) is 0 Å². The Bertz CT molecular complexity index is 525. The SMILES string of the molecule is COCC1CCC(C2COC(c3cc(F)c(C)c(F)c3)OC2)CC1. The van der Waals surface area contributed by atoms with Gasteiger partial charge >= 0.3 is 0 Å². The minimum absolute atomic E-state index is 0.0280. The van der Waals surface area contributed by atoms with Crippen molar-refractivity contribution in [3.05, 3.63) is 34.9 Å². The summed E-state index contributed by atoms with van der Waals surface area (Å²) < 4.78 is 44.2. The zero-order chi connectivity index (χ0) is 17.1. The maximum atomic E-state index is 13.7. The van der Waals surface area contributed by atoms with E-state index in [1.165, 1.54) is 44.7 Å². The van der Waals surface area contributed by atoms with Gasteiger partial charge in [0.25, 0.3) is 0 Å². The van der Waals surface area contributed by atoms with E-state index in [0.717, 1.165) is 6.61 Å².